The minimum atomic E-state index is -0.513. The molecule has 1 aromatic rings. The molecule has 1 fully saturated rings. The van der Waals surface area contributed by atoms with E-state index < -0.39 is 5.82 Å². The van der Waals surface area contributed by atoms with Gasteiger partial charge >= 0.3 is 0 Å². The Morgan fingerprint density at radius 3 is 2.63 bits per heavy atom. The molecular weight excluding hydrogens is 335 g/mol. The third-order valence-electron chi connectivity index (χ3n) is 3.50. The van der Waals surface area contributed by atoms with Crippen LogP contribution in [-0.2, 0) is 0 Å². The number of hydrogen-bond donors (Lipinski definition) is 2. The number of halogens is 3. The monoisotopic (exact) mass is 350 g/mol. The minimum absolute atomic E-state index is 0. The van der Waals surface area contributed by atoms with Gasteiger partial charge in [0, 0.05) is 11.0 Å². The van der Waals surface area contributed by atoms with Gasteiger partial charge in [0.05, 0.1) is 11.1 Å². The molecule has 0 spiro atoms. The first-order valence-corrected chi connectivity index (χ1v) is 6.83. The summed E-state index contributed by atoms with van der Waals surface area (Å²) in [6, 6.07) is 4.34. The summed E-state index contributed by atoms with van der Waals surface area (Å²) in [6.45, 7) is 0.397. The van der Waals surface area contributed by atoms with Gasteiger partial charge in [-0.15, -0.1) is 12.4 Å². The van der Waals surface area contributed by atoms with Crippen molar-refractivity contribution in [1.29, 1.82) is 0 Å². The molecule has 6 heteroatoms. The van der Waals surface area contributed by atoms with Gasteiger partial charge in [0.2, 0.25) is 0 Å². The number of rotatable bonds is 3. The van der Waals surface area contributed by atoms with Crippen molar-refractivity contribution < 1.29 is 9.18 Å². The lowest BCUT2D eigenvalue weighted by Gasteiger charge is -2.28. The number of nitrogens with one attached hydrogen (secondary N) is 1. The first-order valence-electron chi connectivity index (χ1n) is 6.04. The second-order valence-electron chi connectivity index (χ2n) is 4.77. The van der Waals surface area contributed by atoms with Gasteiger partial charge in [-0.05, 0) is 31.0 Å². The predicted molar refractivity (Wildman–Crippen MR) is 79.1 cm³/mol. The van der Waals surface area contributed by atoms with Crippen molar-refractivity contribution in [3.8, 4) is 0 Å². The predicted octanol–water partition coefficient (Wildman–Crippen LogP) is 3.01. The third-order valence-corrected chi connectivity index (χ3v) is 4.00. The van der Waals surface area contributed by atoms with Crippen molar-refractivity contribution in [2.45, 2.75) is 31.2 Å². The molecule has 0 aliphatic heterocycles. The van der Waals surface area contributed by atoms with Crippen molar-refractivity contribution in [2.75, 3.05) is 6.54 Å². The fourth-order valence-electron chi connectivity index (χ4n) is 2.41. The van der Waals surface area contributed by atoms with Crippen LogP contribution in [0.3, 0.4) is 0 Å². The molecule has 3 N–H and O–H groups in total. The topological polar surface area (TPSA) is 55.1 Å². The third kappa shape index (κ3) is 3.68. The summed E-state index contributed by atoms with van der Waals surface area (Å²) in [6.07, 6.45) is 3.84. The fraction of sp³-hybridized carbons (Fsp3) is 0.462. The molecule has 1 amide bonds. The van der Waals surface area contributed by atoms with Crippen LogP contribution < -0.4 is 11.1 Å². The molecule has 0 unspecified atom stereocenters. The van der Waals surface area contributed by atoms with Gasteiger partial charge in [-0.1, -0.05) is 28.8 Å². The number of hydrogen-bond acceptors (Lipinski definition) is 2. The van der Waals surface area contributed by atoms with Crippen molar-refractivity contribution in [3.05, 3.63) is 34.1 Å². The van der Waals surface area contributed by atoms with Crippen molar-refractivity contribution in [2.24, 2.45) is 5.73 Å². The van der Waals surface area contributed by atoms with Crippen LogP contribution in [0.2, 0.25) is 0 Å². The summed E-state index contributed by atoms with van der Waals surface area (Å²) >= 11 is 3.24. The maximum atomic E-state index is 13.6. The van der Waals surface area contributed by atoms with Crippen LogP contribution in [0.5, 0.6) is 0 Å². The number of nitrogens with two attached hydrogens (primary N) is 1. The summed E-state index contributed by atoms with van der Waals surface area (Å²) in [5.74, 6) is -0.901. The van der Waals surface area contributed by atoms with E-state index >= 15 is 0 Å². The smallest absolute Gasteiger partial charge is 0.254 e. The van der Waals surface area contributed by atoms with Crippen LogP contribution >= 0.6 is 28.3 Å². The summed E-state index contributed by atoms with van der Waals surface area (Å²) in [4.78, 5) is 12.1. The number of carbonyl (C=O) groups is 1. The Bertz CT molecular complexity index is 464. The van der Waals surface area contributed by atoms with Gasteiger partial charge in [-0.2, -0.15) is 0 Å². The van der Waals surface area contributed by atoms with Crippen molar-refractivity contribution in [1.82, 2.24) is 5.32 Å². The lowest BCUT2D eigenvalue weighted by Crippen LogP contribution is -2.51. The maximum Gasteiger partial charge on any atom is 0.254 e. The van der Waals surface area contributed by atoms with E-state index in [1.807, 2.05) is 0 Å². The zero-order valence-corrected chi connectivity index (χ0v) is 12.8. The van der Waals surface area contributed by atoms with E-state index in [0.29, 0.717) is 11.0 Å². The normalized spacial score (nSPS) is 16.8. The van der Waals surface area contributed by atoms with Gasteiger partial charge in [0.1, 0.15) is 5.82 Å². The Hall–Kier alpha value is -0.650. The van der Waals surface area contributed by atoms with E-state index in [1.165, 1.54) is 12.1 Å². The molecule has 0 heterocycles. The first-order chi connectivity index (χ1) is 8.56. The number of amides is 1. The van der Waals surface area contributed by atoms with Gasteiger partial charge in [-0.25, -0.2) is 4.39 Å². The Morgan fingerprint density at radius 1 is 1.42 bits per heavy atom. The molecule has 2 rings (SSSR count). The van der Waals surface area contributed by atoms with Crippen LogP contribution in [-0.4, -0.2) is 18.0 Å². The summed E-state index contributed by atoms with van der Waals surface area (Å²) < 4.78 is 14.3. The Kier molecular flexibility index (Phi) is 5.77. The highest BCUT2D eigenvalue weighted by atomic mass is 79.9. The van der Waals surface area contributed by atoms with Gasteiger partial charge < -0.3 is 11.1 Å². The van der Waals surface area contributed by atoms with E-state index in [0.717, 1.165) is 25.7 Å². The van der Waals surface area contributed by atoms with Crippen molar-refractivity contribution in [3.63, 3.8) is 0 Å². The molecule has 0 aromatic heterocycles. The van der Waals surface area contributed by atoms with E-state index in [2.05, 4.69) is 21.2 Å². The van der Waals surface area contributed by atoms with E-state index in [1.54, 1.807) is 6.07 Å². The molecule has 1 aliphatic rings. The molecule has 1 aromatic carbocycles. The fourth-order valence-corrected chi connectivity index (χ4v) is 2.77. The van der Waals surface area contributed by atoms with Crippen LogP contribution in [0.4, 0.5) is 4.39 Å². The molecule has 1 saturated carbocycles. The molecule has 19 heavy (non-hydrogen) atoms. The van der Waals surface area contributed by atoms with E-state index in [9.17, 15) is 9.18 Å². The minimum Gasteiger partial charge on any atom is -0.345 e. The van der Waals surface area contributed by atoms with E-state index in [-0.39, 0.29) is 29.4 Å². The Morgan fingerprint density at radius 2 is 2.05 bits per heavy atom. The summed E-state index contributed by atoms with van der Waals surface area (Å²) in [5, 5.41) is 2.90. The summed E-state index contributed by atoms with van der Waals surface area (Å²) in [5.41, 5.74) is 5.45. The number of benzene rings is 1. The molecule has 3 nitrogen and oxygen atoms in total. The lowest BCUT2D eigenvalue weighted by molar-refractivity contribution is 0.0899. The SMILES string of the molecule is Cl.NCC1(NC(=O)c2cc(Br)ccc2F)CCCC1. The van der Waals surface area contributed by atoms with Crippen LogP contribution in [0.1, 0.15) is 36.0 Å². The highest BCUT2D eigenvalue weighted by Gasteiger charge is 2.34. The average molecular weight is 352 g/mol. The Labute approximate surface area is 126 Å². The molecule has 106 valence electrons. The van der Waals surface area contributed by atoms with Gasteiger partial charge in [0.25, 0.3) is 5.91 Å². The standard InChI is InChI=1S/C13H16BrFN2O.ClH/c14-9-3-4-11(15)10(7-9)12(18)17-13(8-16)5-1-2-6-13;/h3-4,7H,1-2,5-6,8,16H2,(H,17,18);1H. The van der Waals surface area contributed by atoms with Gasteiger partial charge in [-0.3, -0.25) is 4.79 Å². The highest BCUT2D eigenvalue weighted by Crippen LogP contribution is 2.29. The average Bonchev–Trinajstić information content (AvgIpc) is 2.81. The first kappa shape index (κ1) is 16.4. The maximum absolute atomic E-state index is 13.6. The highest BCUT2D eigenvalue weighted by molar-refractivity contribution is 9.10. The molecule has 0 atom stereocenters. The van der Waals surface area contributed by atoms with Crippen LogP contribution in [0.15, 0.2) is 22.7 Å². The Balaban J connectivity index is 0.00000180. The largest absolute Gasteiger partial charge is 0.345 e. The lowest BCUT2D eigenvalue weighted by atomic mass is 9.97. The molecule has 0 saturated heterocycles. The molecule has 0 bridgehead atoms. The van der Waals surface area contributed by atoms with Crippen LogP contribution in [0.25, 0.3) is 0 Å². The zero-order valence-electron chi connectivity index (χ0n) is 10.4. The van der Waals surface area contributed by atoms with Gasteiger partial charge in [0.15, 0.2) is 0 Å². The second-order valence-corrected chi connectivity index (χ2v) is 5.69. The molecule has 1 aliphatic carbocycles. The second kappa shape index (κ2) is 6.68. The quantitative estimate of drug-likeness (QED) is 0.879. The number of carbonyl (C=O) groups excluding carboxylic acids is 1. The zero-order chi connectivity index (χ0) is 13.2. The summed E-state index contributed by atoms with van der Waals surface area (Å²) in [7, 11) is 0. The molecular formula is C13H17BrClFN2O. The van der Waals surface area contributed by atoms with Crippen LogP contribution in [0, 0.1) is 5.82 Å². The van der Waals surface area contributed by atoms with E-state index in [4.69, 9.17) is 5.73 Å². The van der Waals surface area contributed by atoms with Crippen molar-refractivity contribution >= 4 is 34.2 Å². The molecule has 0 radical (unpaired) electrons.